The highest BCUT2D eigenvalue weighted by Crippen LogP contribution is 2.36. The average molecular weight is 1150 g/mol. The molecule has 0 aromatic heterocycles. The first-order valence-electron chi connectivity index (χ1n) is 29.4. The summed E-state index contributed by atoms with van der Waals surface area (Å²) in [7, 11) is 5.93. The molecule has 2 heterocycles. The van der Waals surface area contributed by atoms with Crippen LogP contribution in [0.2, 0.25) is 0 Å². The molecule has 2 N–H and O–H groups in total. The van der Waals surface area contributed by atoms with Gasteiger partial charge < -0.3 is 63.3 Å². The number of esters is 4. The summed E-state index contributed by atoms with van der Waals surface area (Å²) in [4.78, 5) is 120. The summed E-state index contributed by atoms with van der Waals surface area (Å²) in [6.07, 6.45) is -0.791. The molecule has 21 heteroatoms. The lowest BCUT2D eigenvalue weighted by molar-refractivity contribution is -0.174. The van der Waals surface area contributed by atoms with E-state index in [4.69, 9.17) is 28.4 Å². The van der Waals surface area contributed by atoms with Crippen molar-refractivity contribution in [1.29, 1.82) is 0 Å². The zero-order chi connectivity index (χ0) is 59.8. The summed E-state index contributed by atoms with van der Waals surface area (Å²) >= 11 is 0. The Morgan fingerprint density at radius 3 is 1.41 bits per heavy atom. The van der Waals surface area contributed by atoms with Crippen molar-refractivity contribution >= 4 is 58.9 Å². The van der Waals surface area contributed by atoms with E-state index in [0.29, 0.717) is 38.8 Å². The molecule has 2 aromatic rings. The number of rotatable bonds is 31. The molecule has 6 rings (SSSR count). The molecule has 4 fully saturated rings. The lowest BCUT2D eigenvalue weighted by atomic mass is 10.0. The summed E-state index contributed by atoms with van der Waals surface area (Å²) in [6.45, 7) is 15.5. The number of nitrogens with one attached hydrogen (secondary N) is 1. The highest BCUT2D eigenvalue weighted by atomic mass is 16.6. The third kappa shape index (κ3) is 19.1. The molecule has 2 saturated heterocycles. The second-order valence-electron chi connectivity index (χ2n) is 23.5. The highest BCUT2D eigenvalue weighted by molar-refractivity contribution is 5.93. The number of carbonyl (C=O) groups is 8. The average Bonchev–Trinajstić information content (AvgIpc) is 4.53. The van der Waals surface area contributed by atoms with Crippen molar-refractivity contribution in [3.8, 4) is 0 Å². The molecule has 0 radical (unpaired) electrons. The zero-order valence-corrected chi connectivity index (χ0v) is 49.9. The van der Waals surface area contributed by atoms with Crippen molar-refractivity contribution in [2.24, 2.45) is 23.7 Å². The van der Waals surface area contributed by atoms with Crippen LogP contribution in [0.3, 0.4) is 0 Å². The van der Waals surface area contributed by atoms with Gasteiger partial charge >= 0.3 is 29.8 Å². The number of benzene rings is 2. The summed E-state index contributed by atoms with van der Waals surface area (Å²) in [6, 6.07) is 11.3. The quantitative estimate of drug-likeness (QED) is 0.0740. The third-order valence-corrected chi connectivity index (χ3v) is 15.9. The highest BCUT2D eigenvalue weighted by Gasteiger charge is 2.43. The predicted octanol–water partition coefficient (Wildman–Crippen LogP) is 5.07. The van der Waals surface area contributed by atoms with Crippen LogP contribution in [0.5, 0.6) is 0 Å². The van der Waals surface area contributed by atoms with E-state index < -0.39 is 96.2 Å². The molecule has 0 spiro atoms. The SMILES string of the molecule is CN[C@@H](CC1CC1)C(=O)O[C@H](Cc1ccc(N2CCOCC2)cc1)C(=O)N(C)[C@@H](CC(C)C)C(=O)O[C@H](C)C(=O)N(C)[C@@H](CC1CC1)C(=O)O[C@H](CCc1ccc(N2CCOCC2)cc1)C(=O)N(C)[C@@H](CC(C)C)C(=O)O[C@H](C)C(=O)O. The maximum atomic E-state index is 14.7. The van der Waals surface area contributed by atoms with E-state index in [1.165, 1.54) is 44.8 Å². The number of anilines is 2. The zero-order valence-electron chi connectivity index (χ0n) is 49.9. The van der Waals surface area contributed by atoms with Crippen molar-refractivity contribution in [1.82, 2.24) is 20.0 Å². The summed E-state index contributed by atoms with van der Waals surface area (Å²) in [5.74, 6) is -6.52. The summed E-state index contributed by atoms with van der Waals surface area (Å²) < 4.78 is 34.5. The summed E-state index contributed by atoms with van der Waals surface area (Å²) in [5.41, 5.74) is 3.59. The first-order valence-corrected chi connectivity index (χ1v) is 29.4. The number of hydrogen-bond donors (Lipinski definition) is 2. The lowest BCUT2D eigenvalue weighted by Crippen LogP contribution is -2.53. The number of hydrogen-bond acceptors (Lipinski definition) is 17. The Hall–Kier alpha value is -6.32. The smallest absolute Gasteiger partial charge is 0.344 e. The maximum absolute atomic E-state index is 14.7. The minimum Gasteiger partial charge on any atom is -0.479 e. The van der Waals surface area contributed by atoms with Gasteiger partial charge in [0, 0.05) is 65.1 Å². The molecule has 21 nitrogen and oxygen atoms in total. The number of carbonyl (C=O) groups excluding carboxylic acids is 7. The van der Waals surface area contributed by atoms with Crippen molar-refractivity contribution < 1.29 is 71.9 Å². The van der Waals surface area contributed by atoms with Crippen molar-refractivity contribution in [3.05, 3.63) is 59.7 Å². The van der Waals surface area contributed by atoms with Crippen LogP contribution in [0.25, 0.3) is 0 Å². The van der Waals surface area contributed by atoms with E-state index >= 15 is 0 Å². The predicted molar refractivity (Wildman–Crippen MR) is 306 cm³/mol. The first kappa shape index (κ1) is 64.8. The van der Waals surface area contributed by atoms with Gasteiger partial charge in [-0.2, -0.15) is 0 Å². The Bertz CT molecular complexity index is 2460. The Morgan fingerprint density at radius 2 is 0.963 bits per heavy atom. The van der Waals surface area contributed by atoms with E-state index in [1.54, 1.807) is 7.05 Å². The van der Waals surface area contributed by atoms with Gasteiger partial charge in [-0.05, 0) is 118 Å². The van der Waals surface area contributed by atoms with Gasteiger partial charge in [-0.15, -0.1) is 0 Å². The van der Waals surface area contributed by atoms with Crippen LogP contribution in [0, 0.1) is 23.7 Å². The van der Waals surface area contributed by atoms with E-state index in [-0.39, 0.29) is 56.3 Å². The van der Waals surface area contributed by atoms with Crippen LogP contribution in [0.1, 0.15) is 110 Å². The number of likely N-dealkylation sites (N-methyl/N-ethyl adjacent to an activating group) is 4. The van der Waals surface area contributed by atoms with Crippen molar-refractivity contribution in [2.75, 3.05) is 90.6 Å². The van der Waals surface area contributed by atoms with E-state index in [2.05, 4.69) is 15.1 Å². The van der Waals surface area contributed by atoms with Gasteiger partial charge in [0.15, 0.2) is 24.4 Å². The van der Waals surface area contributed by atoms with Crippen LogP contribution in [-0.4, -0.2) is 197 Å². The van der Waals surface area contributed by atoms with Gasteiger partial charge in [0.25, 0.3) is 17.7 Å². The Kier molecular flexibility index (Phi) is 24.4. The molecule has 454 valence electrons. The standard InChI is InChI=1S/C61H90N6O15/c1-38(2)33-49(65(10)56(70)53(82-58(73)48(62-7)35-43-11-12-43)37-45-17-22-47(23-18-45)67-27-31-78-32-28-67)59(74)79-40(5)54(68)63(8)51(36-44-13-14-44)61(76)81-52(24-19-42-15-20-46(21-16-42)66-25-29-77-30-26-66)55(69)64(9)50(34-39(3)4)60(75)80-41(6)57(71)72/h15-18,20-23,38-41,43-44,48-53,62H,11-14,19,24-37H2,1-10H3,(H,71,72)/t40-,41-,48+,49+,50+,51+,52-,53-/m1/s1. The third-order valence-electron chi connectivity index (χ3n) is 15.9. The molecule has 3 amide bonds. The maximum Gasteiger partial charge on any atom is 0.344 e. The molecule has 8 atom stereocenters. The number of ether oxygens (including phenoxy) is 6. The van der Waals surface area contributed by atoms with Gasteiger partial charge in [0.1, 0.15) is 24.2 Å². The number of morpholine rings is 2. The molecular weight excluding hydrogens is 1060 g/mol. The molecule has 2 aliphatic carbocycles. The Balaban J connectivity index is 1.19. The second-order valence-corrected chi connectivity index (χ2v) is 23.5. The molecule has 4 aliphatic rings. The number of nitrogens with zero attached hydrogens (tertiary/aromatic N) is 5. The van der Waals surface area contributed by atoms with Crippen LogP contribution in [0.15, 0.2) is 48.5 Å². The van der Waals surface area contributed by atoms with Crippen LogP contribution in [0.4, 0.5) is 11.4 Å². The normalized spacial score (nSPS) is 18.4. The Morgan fingerprint density at radius 1 is 0.549 bits per heavy atom. The lowest BCUT2D eigenvalue weighted by Gasteiger charge is -2.34. The first-order chi connectivity index (χ1) is 39.0. The minimum absolute atomic E-state index is 0.0100. The van der Waals surface area contributed by atoms with E-state index in [1.807, 2.05) is 76.2 Å². The van der Waals surface area contributed by atoms with Gasteiger partial charge in [0.2, 0.25) is 0 Å². The van der Waals surface area contributed by atoms with Crippen molar-refractivity contribution in [2.45, 2.75) is 161 Å². The van der Waals surface area contributed by atoms with Gasteiger partial charge in [-0.3, -0.25) is 19.2 Å². The fraction of sp³-hybridized carbons (Fsp3) is 0.672. The number of aryl methyl sites for hydroxylation is 1. The van der Waals surface area contributed by atoms with Gasteiger partial charge in [0.05, 0.1) is 26.4 Å². The molecule has 0 bridgehead atoms. The molecule has 2 saturated carbocycles. The summed E-state index contributed by atoms with van der Waals surface area (Å²) in [5, 5.41) is 12.6. The molecule has 82 heavy (non-hydrogen) atoms. The van der Waals surface area contributed by atoms with Crippen LogP contribution in [-0.2, 0) is 79.6 Å². The second kappa shape index (κ2) is 30.8. The molecular formula is C61H90N6O15. The van der Waals surface area contributed by atoms with E-state index in [0.717, 1.165) is 79.3 Å². The fourth-order valence-corrected chi connectivity index (χ4v) is 10.4. The molecule has 2 aromatic carbocycles. The minimum atomic E-state index is -1.49. The molecule has 0 unspecified atom stereocenters. The number of amides is 3. The number of carboxylic acid groups (broad SMARTS) is 1. The van der Waals surface area contributed by atoms with E-state index in [9.17, 15) is 43.5 Å². The van der Waals surface area contributed by atoms with Crippen molar-refractivity contribution in [3.63, 3.8) is 0 Å². The molecule has 2 aliphatic heterocycles. The van der Waals surface area contributed by atoms with Gasteiger partial charge in [-0.1, -0.05) is 77.6 Å². The van der Waals surface area contributed by atoms with Gasteiger partial charge in [-0.25, -0.2) is 19.2 Å². The van der Waals surface area contributed by atoms with Crippen LogP contribution >= 0.6 is 0 Å². The van der Waals surface area contributed by atoms with Crippen LogP contribution < -0.4 is 15.1 Å². The largest absolute Gasteiger partial charge is 0.479 e. The Labute approximate surface area is 483 Å². The number of aliphatic carboxylic acids is 1. The topological polar surface area (TPSA) is 240 Å². The number of carboxylic acids is 1. The monoisotopic (exact) mass is 1150 g/mol. The fourth-order valence-electron chi connectivity index (χ4n) is 10.4.